The minimum Gasteiger partial charge on any atom is -0.497 e. The van der Waals surface area contributed by atoms with E-state index in [1.807, 2.05) is 6.07 Å². The van der Waals surface area contributed by atoms with Gasteiger partial charge in [-0.3, -0.25) is 0 Å². The number of ether oxygens (including phenoxy) is 1. The molecule has 2 heteroatoms. The molecule has 1 atom stereocenters. The van der Waals surface area contributed by atoms with Crippen LogP contribution in [0.5, 0.6) is 5.75 Å². The fourth-order valence-corrected chi connectivity index (χ4v) is 1.59. The number of methoxy groups -OCH3 is 1. The number of rotatable bonds is 4. The van der Waals surface area contributed by atoms with E-state index in [-0.39, 0.29) is 0 Å². The molecular weight excluding hydrogens is 192 g/mol. The molecule has 0 aliphatic rings. The van der Waals surface area contributed by atoms with Crippen molar-refractivity contribution >= 4 is 12.6 Å². The monoisotopic (exact) mass is 210 g/mol. The van der Waals surface area contributed by atoms with Crippen molar-refractivity contribution in [1.82, 2.24) is 0 Å². The Morgan fingerprint density at radius 1 is 1.43 bits per heavy atom. The molecule has 0 saturated heterocycles. The Bertz CT molecular complexity index is 296. The van der Waals surface area contributed by atoms with Crippen molar-refractivity contribution in [3.63, 3.8) is 0 Å². The first-order valence-electron chi connectivity index (χ1n) is 4.91. The minimum absolute atomic E-state index is 0.630. The van der Waals surface area contributed by atoms with Crippen LogP contribution in [0.15, 0.2) is 18.2 Å². The summed E-state index contributed by atoms with van der Waals surface area (Å²) in [5.74, 6) is 2.50. The minimum atomic E-state index is 0.630. The summed E-state index contributed by atoms with van der Waals surface area (Å²) in [7, 11) is 1.70. The molecule has 0 radical (unpaired) electrons. The Morgan fingerprint density at radius 2 is 2.14 bits per heavy atom. The average molecular weight is 210 g/mol. The van der Waals surface area contributed by atoms with Crippen LogP contribution in [-0.4, -0.2) is 12.9 Å². The first-order valence-corrected chi connectivity index (χ1v) is 5.55. The summed E-state index contributed by atoms with van der Waals surface area (Å²) in [6.45, 7) is 4.35. The fourth-order valence-electron chi connectivity index (χ4n) is 1.46. The Morgan fingerprint density at radius 3 is 2.64 bits per heavy atom. The number of hydrogen-bond donors (Lipinski definition) is 1. The normalized spacial score (nSPS) is 12.6. The molecule has 1 aromatic rings. The number of benzene rings is 1. The molecule has 0 aliphatic carbocycles. The summed E-state index contributed by atoms with van der Waals surface area (Å²) in [5, 5.41) is 0. The van der Waals surface area contributed by atoms with Crippen molar-refractivity contribution in [1.29, 1.82) is 0 Å². The van der Waals surface area contributed by atoms with Gasteiger partial charge in [-0.1, -0.05) is 13.0 Å². The third-order valence-corrected chi connectivity index (χ3v) is 3.05. The van der Waals surface area contributed by atoms with Crippen LogP contribution in [0.2, 0.25) is 0 Å². The van der Waals surface area contributed by atoms with Crippen molar-refractivity contribution < 1.29 is 4.74 Å². The molecule has 78 valence electrons. The van der Waals surface area contributed by atoms with Gasteiger partial charge < -0.3 is 4.74 Å². The summed E-state index contributed by atoms with van der Waals surface area (Å²) in [4.78, 5) is 0. The van der Waals surface area contributed by atoms with Crippen molar-refractivity contribution in [2.45, 2.75) is 20.3 Å². The van der Waals surface area contributed by atoms with Crippen LogP contribution >= 0.6 is 12.6 Å². The van der Waals surface area contributed by atoms with Gasteiger partial charge in [0.05, 0.1) is 7.11 Å². The Hall–Kier alpha value is -0.630. The van der Waals surface area contributed by atoms with Crippen LogP contribution in [0.25, 0.3) is 0 Å². The third kappa shape index (κ3) is 2.95. The SMILES string of the molecule is COc1ccc(CC(C)CS)c(C)c1. The van der Waals surface area contributed by atoms with Gasteiger partial charge in [-0.15, -0.1) is 0 Å². The molecule has 0 aromatic heterocycles. The zero-order chi connectivity index (χ0) is 10.6. The molecule has 14 heavy (non-hydrogen) atoms. The van der Waals surface area contributed by atoms with Gasteiger partial charge in [0.25, 0.3) is 0 Å². The zero-order valence-electron chi connectivity index (χ0n) is 9.08. The van der Waals surface area contributed by atoms with E-state index in [0.717, 1.165) is 17.9 Å². The van der Waals surface area contributed by atoms with Crippen molar-refractivity contribution in [2.24, 2.45) is 5.92 Å². The van der Waals surface area contributed by atoms with Gasteiger partial charge in [-0.25, -0.2) is 0 Å². The molecule has 0 saturated carbocycles. The van der Waals surface area contributed by atoms with E-state index < -0.39 is 0 Å². The quantitative estimate of drug-likeness (QED) is 0.751. The number of thiol groups is 1. The average Bonchev–Trinajstić information content (AvgIpc) is 2.20. The van der Waals surface area contributed by atoms with Crippen LogP contribution in [0.3, 0.4) is 0 Å². The highest BCUT2D eigenvalue weighted by Gasteiger charge is 2.04. The molecule has 0 N–H and O–H groups in total. The second-order valence-corrected chi connectivity index (χ2v) is 4.15. The molecule has 0 spiro atoms. The van der Waals surface area contributed by atoms with Crippen molar-refractivity contribution in [3.8, 4) is 5.75 Å². The van der Waals surface area contributed by atoms with Gasteiger partial charge >= 0.3 is 0 Å². The topological polar surface area (TPSA) is 9.23 Å². The largest absolute Gasteiger partial charge is 0.497 e. The molecule has 0 amide bonds. The fraction of sp³-hybridized carbons (Fsp3) is 0.500. The van der Waals surface area contributed by atoms with Crippen LogP contribution in [0, 0.1) is 12.8 Å². The Labute approximate surface area is 91.9 Å². The van der Waals surface area contributed by atoms with Crippen molar-refractivity contribution in [2.75, 3.05) is 12.9 Å². The van der Waals surface area contributed by atoms with Crippen LogP contribution in [0.4, 0.5) is 0 Å². The van der Waals surface area contributed by atoms with E-state index in [1.54, 1.807) is 7.11 Å². The molecule has 0 aliphatic heterocycles. The van der Waals surface area contributed by atoms with E-state index >= 15 is 0 Å². The van der Waals surface area contributed by atoms with Gasteiger partial charge in [-0.05, 0) is 48.3 Å². The maximum atomic E-state index is 5.17. The summed E-state index contributed by atoms with van der Waals surface area (Å²) in [6, 6.07) is 6.25. The maximum Gasteiger partial charge on any atom is 0.119 e. The lowest BCUT2D eigenvalue weighted by atomic mass is 9.98. The van der Waals surface area contributed by atoms with Gasteiger partial charge in [0, 0.05) is 0 Å². The summed E-state index contributed by atoms with van der Waals surface area (Å²) in [5.41, 5.74) is 2.70. The Balaban J connectivity index is 2.78. The summed E-state index contributed by atoms with van der Waals surface area (Å²) >= 11 is 4.29. The summed E-state index contributed by atoms with van der Waals surface area (Å²) < 4.78 is 5.17. The molecule has 0 fully saturated rings. The standard InChI is InChI=1S/C12H18OS/c1-9(8-14)6-11-4-5-12(13-3)7-10(11)2/h4-5,7,9,14H,6,8H2,1-3H3. The number of hydrogen-bond acceptors (Lipinski definition) is 2. The van der Waals surface area contributed by atoms with Crippen molar-refractivity contribution in [3.05, 3.63) is 29.3 Å². The lowest BCUT2D eigenvalue weighted by molar-refractivity contribution is 0.414. The van der Waals surface area contributed by atoms with E-state index in [2.05, 4.69) is 38.6 Å². The van der Waals surface area contributed by atoms with Crippen LogP contribution < -0.4 is 4.74 Å². The first-order chi connectivity index (χ1) is 6.67. The van der Waals surface area contributed by atoms with E-state index in [0.29, 0.717) is 5.92 Å². The molecule has 1 rings (SSSR count). The summed E-state index contributed by atoms with van der Waals surface area (Å²) in [6.07, 6.45) is 1.10. The highest BCUT2D eigenvalue weighted by atomic mass is 32.1. The second kappa shape index (κ2) is 5.30. The molecule has 1 nitrogen and oxygen atoms in total. The molecular formula is C12H18OS. The first kappa shape index (κ1) is 11.4. The van der Waals surface area contributed by atoms with E-state index in [1.165, 1.54) is 11.1 Å². The third-order valence-electron chi connectivity index (χ3n) is 2.43. The number of aryl methyl sites for hydroxylation is 1. The lowest BCUT2D eigenvalue weighted by Crippen LogP contribution is -2.02. The van der Waals surface area contributed by atoms with Gasteiger partial charge in [0.2, 0.25) is 0 Å². The van der Waals surface area contributed by atoms with Crippen LogP contribution in [-0.2, 0) is 6.42 Å². The smallest absolute Gasteiger partial charge is 0.119 e. The Kier molecular flexibility index (Phi) is 4.33. The molecule has 0 heterocycles. The van der Waals surface area contributed by atoms with Gasteiger partial charge in [0.15, 0.2) is 0 Å². The predicted molar refractivity (Wildman–Crippen MR) is 64.5 cm³/mol. The van der Waals surface area contributed by atoms with Crippen LogP contribution in [0.1, 0.15) is 18.1 Å². The van der Waals surface area contributed by atoms with Gasteiger partial charge in [0.1, 0.15) is 5.75 Å². The van der Waals surface area contributed by atoms with E-state index in [9.17, 15) is 0 Å². The second-order valence-electron chi connectivity index (χ2n) is 3.78. The highest BCUT2D eigenvalue weighted by molar-refractivity contribution is 7.80. The maximum absolute atomic E-state index is 5.17. The zero-order valence-corrected chi connectivity index (χ0v) is 9.97. The predicted octanol–water partition coefficient (Wildman–Crippen LogP) is 3.11. The lowest BCUT2D eigenvalue weighted by Gasteiger charge is -2.11. The highest BCUT2D eigenvalue weighted by Crippen LogP contribution is 2.19. The molecule has 1 unspecified atom stereocenters. The molecule has 1 aromatic carbocycles. The molecule has 0 bridgehead atoms. The van der Waals surface area contributed by atoms with E-state index in [4.69, 9.17) is 4.74 Å². The van der Waals surface area contributed by atoms with Gasteiger partial charge in [-0.2, -0.15) is 12.6 Å².